The minimum absolute atomic E-state index is 0. The Morgan fingerprint density at radius 2 is 0.900 bits per heavy atom. The van der Waals surface area contributed by atoms with E-state index in [0.29, 0.717) is 13.0 Å². The Bertz CT molecular complexity index is 735. The predicted molar refractivity (Wildman–Crippen MR) is 177 cm³/mol. The van der Waals surface area contributed by atoms with Crippen LogP contribution in [0.4, 0.5) is 0 Å². The molecule has 2 aromatic rings. The van der Waals surface area contributed by atoms with E-state index in [9.17, 15) is 19.2 Å². The number of hydrogen-bond acceptors (Lipinski definition) is 4. The fraction of sp³-hybridized carbons (Fsp3) is 0.529. The van der Waals surface area contributed by atoms with Crippen molar-refractivity contribution in [2.45, 2.75) is 117 Å². The van der Waals surface area contributed by atoms with Crippen LogP contribution in [0.2, 0.25) is 0 Å². The Labute approximate surface area is 248 Å². The summed E-state index contributed by atoms with van der Waals surface area (Å²) in [7, 11) is 0. The maximum Gasteiger partial charge on any atom is 0.227 e. The van der Waals surface area contributed by atoms with Gasteiger partial charge in [0, 0.05) is 26.4 Å². The van der Waals surface area contributed by atoms with Crippen LogP contribution in [0.3, 0.4) is 0 Å². The van der Waals surface area contributed by atoms with E-state index in [1.807, 2.05) is 80.6 Å². The highest BCUT2D eigenvalue weighted by Crippen LogP contribution is 1.97. The molecule has 2 N–H and O–H groups in total. The third kappa shape index (κ3) is 64.6. The average Bonchev–Trinajstić information content (AvgIpc) is 2.86. The van der Waals surface area contributed by atoms with Crippen molar-refractivity contribution in [1.29, 1.82) is 0 Å². The van der Waals surface area contributed by atoms with E-state index in [-0.39, 0.29) is 52.1 Å². The van der Waals surface area contributed by atoms with Gasteiger partial charge in [-0.2, -0.15) is 0 Å². The molecule has 0 aliphatic heterocycles. The predicted octanol–water partition coefficient (Wildman–Crippen LogP) is 8.84. The molecule has 6 heteroatoms. The fourth-order valence-electron chi connectivity index (χ4n) is 1.72. The molecule has 2 rings (SSSR count). The molecule has 0 unspecified atom stereocenters. The molecule has 0 aliphatic carbocycles. The lowest BCUT2D eigenvalue weighted by Crippen LogP contribution is -2.24. The lowest BCUT2D eigenvalue weighted by molar-refractivity contribution is -0.127. The van der Waals surface area contributed by atoms with Crippen LogP contribution in [0.1, 0.15) is 116 Å². The quantitative estimate of drug-likeness (QED) is 0.343. The van der Waals surface area contributed by atoms with Crippen LogP contribution in [0, 0.1) is 0 Å². The molecule has 0 radical (unpaired) electrons. The van der Waals surface area contributed by atoms with Crippen molar-refractivity contribution >= 4 is 23.4 Å². The highest BCUT2D eigenvalue weighted by Gasteiger charge is 2.03. The molecular formula is C34H64N2O4. The zero-order valence-corrected chi connectivity index (χ0v) is 24.7. The Morgan fingerprint density at radius 3 is 1.12 bits per heavy atom. The molecule has 0 heterocycles. The van der Waals surface area contributed by atoms with Crippen molar-refractivity contribution < 1.29 is 19.2 Å². The number of carbonyl (C=O) groups is 4. The Balaban J connectivity index is -0.0000000716. The van der Waals surface area contributed by atoms with Gasteiger partial charge >= 0.3 is 0 Å². The van der Waals surface area contributed by atoms with Crippen molar-refractivity contribution in [3.05, 3.63) is 72.3 Å². The summed E-state index contributed by atoms with van der Waals surface area (Å²) in [6.07, 6.45) is 3.13. The summed E-state index contributed by atoms with van der Waals surface area (Å²) in [5, 5.41) is 5.24. The van der Waals surface area contributed by atoms with Gasteiger partial charge in [0.05, 0.1) is 6.42 Å². The largest absolute Gasteiger partial charge is 0.357 e. The normalized spacial score (nSPS) is 7.53. The zero-order chi connectivity index (χ0) is 29.3. The number of Topliss-reactive ketones (excluding diaryl/α,β-unsaturated/α-hetero) is 2. The van der Waals surface area contributed by atoms with Gasteiger partial charge in [-0.3, -0.25) is 14.4 Å². The second-order valence-electron chi connectivity index (χ2n) is 7.85. The number of ketones is 2. The van der Waals surface area contributed by atoms with Crippen molar-refractivity contribution in [2.24, 2.45) is 0 Å². The number of amides is 2. The van der Waals surface area contributed by atoms with Gasteiger partial charge in [0.1, 0.15) is 11.6 Å². The first-order chi connectivity index (χ1) is 17.6. The molecule has 6 nitrogen and oxygen atoms in total. The third-order valence-electron chi connectivity index (χ3n) is 3.33. The minimum Gasteiger partial charge on any atom is -0.357 e. The number of carbonyl (C=O) groups excluding carboxylic acids is 4. The highest BCUT2D eigenvalue weighted by molar-refractivity contribution is 5.96. The first kappa shape index (κ1) is 53.0. The van der Waals surface area contributed by atoms with Crippen LogP contribution in [0.5, 0.6) is 0 Å². The van der Waals surface area contributed by atoms with E-state index in [2.05, 4.69) is 38.3 Å². The summed E-state index contributed by atoms with van der Waals surface area (Å²) in [6.45, 7) is 17.9. The monoisotopic (exact) mass is 564 g/mol. The molecule has 2 amide bonds. The first-order valence-electron chi connectivity index (χ1n) is 13.1. The average molecular weight is 565 g/mol. The Hall–Kier alpha value is -3.28. The number of benzene rings is 2. The van der Waals surface area contributed by atoms with Gasteiger partial charge < -0.3 is 15.4 Å². The lowest BCUT2D eigenvalue weighted by Gasteiger charge is -2.03. The SMILES string of the molecule is C.C.C.CC(=O)CC(=O)NCc1ccccc1.CCC.CCC.CCC(C)=O.CCNC(C)=O.c1ccccc1. The van der Waals surface area contributed by atoms with Crippen LogP contribution < -0.4 is 10.6 Å². The van der Waals surface area contributed by atoms with E-state index in [1.165, 1.54) is 26.7 Å². The molecule has 40 heavy (non-hydrogen) atoms. The molecule has 0 aromatic heterocycles. The van der Waals surface area contributed by atoms with Crippen molar-refractivity contribution in [2.75, 3.05) is 6.54 Å². The second kappa shape index (κ2) is 45.6. The van der Waals surface area contributed by atoms with Crippen molar-refractivity contribution in [3.63, 3.8) is 0 Å². The molecule has 0 spiro atoms. The summed E-state index contributed by atoms with van der Waals surface area (Å²) in [6, 6.07) is 21.6. The van der Waals surface area contributed by atoms with E-state index >= 15 is 0 Å². The molecule has 0 saturated carbocycles. The maximum absolute atomic E-state index is 11.1. The van der Waals surface area contributed by atoms with Gasteiger partial charge in [-0.1, -0.05) is 136 Å². The van der Waals surface area contributed by atoms with Gasteiger partial charge in [0.2, 0.25) is 11.8 Å². The van der Waals surface area contributed by atoms with E-state index in [0.717, 1.165) is 12.1 Å². The molecule has 0 aliphatic rings. The summed E-state index contributed by atoms with van der Waals surface area (Å²) in [5.41, 5.74) is 1.03. The van der Waals surface area contributed by atoms with E-state index in [1.54, 1.807) is 6.92 Å². The van der Waals surface area contributed by atoms with Gasteiger partial charge in [-0.25, -0.2) is 0 Å². The second-order valence-corrected chi connectivity index (χ2v) is 7.85. The summed E-state index contributed by atoms with van der Waals surface area (Å²) >= 11 is 0. The van der Waals surface area contributed by atoms with Gasteiger partial charge in [0.25, 0.3) is 0 Å². The number of nitrogens with one attached hydrogen (secondary N) is 2. The topological polar surface area (TPSA) is 92.3 Å². The van der Waals surface area contributed by atoms with Crippen LogP contribution in [0.25, 0.3) is 0 Å². The maximum atomic E-state index is 11.1. The summed E-state index contributed by atoms with van der Waals surface area (Å²) < 4.78 is 0. The van der Waals surface area contributed by atoms with Crippen LogP contribution in [-0.4, -0.2) is 29.9 Å². The molecule has 0 saturated heterocycles. The Kier molecular flexibility index (Phi) is 60.5. The standard InChI is InChI=1S/C11H13NO2.C6H6.C4H9NO.C4H8O.2C3H8.3CH4/c1-9(13)7-11(14)12-8-10-5-3-2-4-6-10;1-2-4-6-5-3-1;1-3-5-4(2)6;1-3-4(2)5;2*1-3-2;;;/h2-6H,7-8H2,1H3,(H,12,14);1-6H;3H2,1-2H3,(H,5,6);3H2,1-2H3;2*3H2,1-2H3;3*1H4. The Morgan fingerprint density at radius 1 is 0.575 bits per heavy atom. The molecule has 2 aromatic carbocycles. The van der Waals surface area contributed by atoms with Crippen LogP contribution in [0.15, 0.2) is 66.7 Å². The summed E-state index contributed by atoms with van der Waals surface area (Å²) in [4.78, 5) is 41.4. The van der Waals surface area contributed by atoms with E-state index in [4.69, 9.17) is 0 Å². The summed E-state index contributed by atoms with van der Waals surface area (Å²) in [5.74, 6) is -0.0422. The fourth-order valence-corrected chi connectivity index (χ4v) is 1.72. The molecule has 0 bridgehead atoms. The van der Waals surface area contributed by atoms with Gasteiger partial charge in [0.15, 0.2) is 0 Å². The van der Waals surface area contributed by atoms with Crippen molar-refractivity contribution in [3.8, 4) is 0 Å². The van der Waals surface area contributed by atoms with Crippen LogP contribution >= 0.6 is 0 Å². The van der Waals surface area contributed by atoms with Gasteiger partial charge in [-0.15, -0.1) is 0 Å². The lowest BCUT2D eigenvalue weighted by atomic mass is 10.2. The third-order valence-corrected chi connectivity index (χ3v) is 3.33. The van der Waals surface area contributed by atoms with E-state index < -0.39 is 0 Å². The van der Waals surface area contributed by atoms with Gasteiger partial charge in [-0.05, 0) is 26.3 Å². The number of rotatable bonds is 6. The molecule has 234 valence electrons. The first-order valence-corrected chi connectivity index (χ1v) is 13.1. The molecule has 0 fully saturated rings. The van der Waals surface area contributed by atoms with Crippen LogP contribution in [-0.2, 0) is 25.7 Å². The smallest absolute Gasteiger partial charge is 0.227 e. The molecule has 0 atom stereocenters. The minimum atomic E-state index is -0.221. The molecular weight excluding hydrogens is 500 g/mol. The highest BCUT2D eigenvalue weighted by atomic mass is 16.2. The zero-order valence-electron chi connectivity index (χ0n) is 24.7. The van der Waals surface area contributed by atoms with Crippen molar-refractivity contribution in [1.82, 2.24) is 10.6 Å². The number of hydrogen-bond donors (Lipinski definition) is 2.